The predicted octanol–water partition coefficient (Wildman–Crippen LogP) is 3.82. The van der Waals surface area contributed by atoms with Crippen molar-refractivity contribution in [3.63, 3.8) is 0 Å². The van der Waals surface area contributed by atoms with Crippen LogP contribution in [0.1, 0.15) is 32.6 Å². The molecule has 3 heterocycles. The molecule has 2 aliphatic rings. The van der Waals surface area contributed by atoms with Crippen molar-refractivity contribution < 1.29 is 9.15 Å². The van der Waals surface area contributed by atoms with Crippen molar-refractivity contribution in [3.05, 3.63) is 34.6 Å². The molecule has 2 aliphatic heterocycles. The molecular formula is C21H29BrN4O2. The molecule has 0 spiro atoms. The van der Waals surface area contributed by atoms with E-state index in [-0.39, 0.29) is 0 Å². The molecule has 6 nitrogen and oxygen atoms in total. The SMILES string of the molecule is CC1CN(CC2CCN(Cc3nnc(-c4ccc(Br)cc4)o3)CC2)CC(C)O1. The minimum absolute atomic E-state index is 0.348. The number of benzene rings is 1. The van der Waals surface area contributed by atoms with Crippen LogP contribution >= 0.6 is 15.9 Å². The van der Waals surface area contributed by atoms with Gasteiger partial charge in [0, 0.05) is 29.7 Å². The summed E-state index contributed by atoms with van der Waals surface area (Å²) in [6.07, 6.45) is 3.16. The van der Waals surface area contributed by atoms with Crippen molar-refractivity contribution in [1.29, 1.82) is 0 Å². The van der Waals surface area contributed by atoms with Gasteiger partial charge in [-0.3, -0.25) is 9.80 Å². The van der Waals surface area contributed by atoms with E-state index in [1.165, 1.54) is 19.4 Å². The Morgan fingerprint density at radius 1 is 1.00 bits per heavy atom. The van der Waals surface area contributed by atoms with E-state index >= 15 is 0 Å². The Morgan fingerprint density at radius 2 is 1.68 bits per heavy atom. The summed E-state index contributed by atoms with van der Waals surface area (Å²) in [7, 11) is 0. The molecule has 0 amide bonds. The van der Waals surface area contributed by atoms with Gasteiger partial charge in [0.05, 0.1) is 18.8 Å². The Hall–Kier alpha value is -1.28. The van der Waals surface area contributed by atoms with Crippen molar-refractivity contribution in [2.24, 2.45) is 5.92 Å². The lowest BCUT2D eigenvalue weighted by Gasteiger charge is -2.39. The monoisotopic (exact) mass is 448 g/mol. The van der Waals surface area contributed by atoms with Gasteiger partial charge in [0.1, 0.15) is 0 Å². The summed E-state index contributed by atoms with van der Waals surface area (Å²) in [6.45, 7) is 10.6. The molecule has 152 valence electrons. The Morgan fingerprint density at radius 3 is 2.36 bits per heavy atom. The van der Waals surface area contributed by atoms with Gasteiger partial charge in [0.25, 0.3) is 0 Å². The van der Waals surface area contributed by atoms with Gasteiger partial charge in [-0.1, -0.05) is 15.9 Å². The first-order valence-electron chi connectivity index (χ1n) is 10.2. The molecular weight excluding hydrogens is 420 g/mol. The van der Waals surface area contributed by atoms with Crippen molar-refractivity contribution >= 4 is 15.9 Å². The van der Waals surface area contributed by atoms with E-state index in [1.54, 1.807) is 0 Å². The van der Waals surface area contributed by atoms with Crippen LogP contribution < -0.4 is 0 Å². The molecule has 7 heteroatoms. The summed E-state index contributed by atoms with van der Waals surface area (Å²) in [5, 5.41) is 8.46. The maximum atomic E-state index is 5.88. The van der Waals surface area contributed by atoms with E-state index in [1.807, 2.05) is 24.3 Å². The summed E-state index contributed by atoms with van der Waals surface area (Å²) in [5.41, 5.74) is 0.953. The summed E-state index contributed by atoms with van der Waals surface area (Å²) < 4.78 is 12.8. The molecule has 28 heavy (non-hydrogen) atoms. The third-order valence-electron chi connectivity index (χ3n) is 5.64. The number of ether oxygens (including phenoxy) is 1. The van der Waals surface area contributed by atoms with Crippen LogP contribution in [0.15, 0.2) is 33.2 Å². The normalized spacial score (nSPS) is 25.2. The van der Waals surface area contributed by atoms with E-state index in [9.17, 15) is 0 Å². The van der Waals surface area contributed by atoms with Crippen LogP contribution in [0, 0.1) is 5.92 Å². The van der Waals surface area contributed by atoms with Crippen LogP contribution in [0.2, 0.25) is 0 Å². The number of hydrogen-bond acceptors (Lipinski definition) is 6. The van der Waals surface area contributed by atoms with E-state index in [4.69, 9.17) is 9.15 Å². The molecule has 1 aromatic heterocycles. The molecule has 0 bridgehead atoms. The molecule has 0 N–H and O–H groups in total. The average molecular weight is 449 g/mol. The molecule has 1 aromatic carbocycles. The molecule has 0 saturated carbocycles. The van der Waals surface area contributed by atoms with Gasteiger partial charge in [-0.05, 0) is 70.0 Å². The standard InChI is InChI=1S/C21H29BrN4O2/c1-15-11-26(12-16(2)27-15)13-17-7-9-25(10-8-17)14-20-23-24-21(28-20)18-3-5-19(22)6-4-18/h3-6,15-17H,7-14H2,1-2H3. The Balaban J connectivity index is 1.25. The van der Waals surface area contributed by atoms with Crippen LogP contribution in [0.4, 0.5) is 0 Å². The van der Waals surface area contributed by atoms with Gasteiger partial charge in [-0.2, -0.15) is 0 Å². The zero-order valence-corrected chi connectivity index (χ0v) is 18.3. The molecule has 2 aromatic rings. The summed E-state index contributed by atoms with van der Waals surface area (Å²) >= 11 is 3.45. The number of halogens is 1. The highest BCUT2D eigenvalue weighted by Gasteiger charge is 2.27. The minimum Gasteiger partial charge on any atom is -0.419 e. The summed E-state index contributed by atoms with van der Waals surface area (Å²) in [5.74, 6) is 2.06. The molecule has 2 fully saturated rings. The lowest BCUT2D eigenvalue weighted by Crippen LogP contribution is -2.48. The first kappa shape index (κ1) is 20.0. The maximum Gasteiger partial charge on any atom is 0.247 e. The Labute approximate surface area is 175 Å². The lowest BCUT2D eigenvalue weighted by atomic mass is 9.95. The number of nitrogens with zero attached hydrogens (tertiary/aromatic N) is 4. The van der Waals surface area contributed by atoms with Crippen LogP contribution in [0.3, 0.4) is 0 Å². The largest absolute Gasteiger partial charge is 0.419 e. The van der Waals surface area contributed by atoms with Gasteiger partial charge in [0.2, 0.25) is 11.8 Å². The number of aromatic nitrogens is 2. The zero-order chi connectivity index (χ0) is 19.5. The molecule has 2 saturated heterocycles. The Kier molecular flexibility index (Phi) is 6.45. The van der Waals surface area contributed by atoms with Crippen LogP contribution in [0.25, 0.3) is 11.5 Å². The van der Waals surface area contributed by atoms with Crippen LogP contribution in [0.5, 0.6) is 0 Å². The van der Waals surface area contributed by atoms with Gasteiger partial charge >= 0.3 is 0 Å². The van der Waals surface area contributed by atoms with Gasteiger partial charge in [-0.15, -0.1) is 10.2 Å². The van der Waals surface area contributed by atoms with Crippen molar-refractivity contribution in [2.75, 3.05) is 32.7 Å². The van der Waals surface area contributed by atoms with E-state index in [2.05, 4.69) is 49.8 Å². The maximum absolute atomic E-state index is 5.88. The molecule has 0 aliphatic carbocycles. The fourth-order valence-corrected chi connectivity index (χ4v) is 4.61. The van der Waals surface area contributed by atoms with Gasteiger partial charge in [-0.25, -0.2) is 0 Å². The smallest absolute Gasteiger partial charge is 0.247 e. The minimum atomic E-state index is 0.348. The number of likely N-dealkylation sites (tertiary alicyclic amines) is 1. The highest BCUT2D eigenvalue weighted by atomic mass is 79.9. The third-order valence-corrected chi connectivity index (χ3v) is 6.16. The van der Waals surface area contributed by atoms with Gasteiger partial charge < -0.3 is 9.15 Å². The summed E-state index contributed by atoms with van der Waals surface area (Å²) in [6, 6.07) is 7.94. The molecule has 2 unspecified atom stereocenters. The molecule has 0 radical (unpaired) electrons. The van der Waals surface area contributed by atoms with Crippen molar-refractivity contribution in [2.45, 2.75) is 45.4 Å². The zero-order valence-electron chi connectivity index (χ0n) is 16.7. The second-order valence-corrected chi connectivity index (χ2v) is 9.12. The van der Waals surface area contributed by atoms with Crippen LogP contribution in [-0.2, 0) is 11.3 Å². The first-order chi connectivity index (χ1) is 13.5. The second-order valence-electron chi connectivity index (χ2n) is 8.20. The third kappa shape index (κ3) is 5.20. The fourth-order valence-electron chi connectivity index (χ4n) is 4.34. The Bertz CT molecular complexity index is 748. The van der Waals surface area contributed by atoms with Crippen LogP contribution in [-0.4, -0.2) is 64.9 Å². The molecule has 4 rings (SSSR count). The topological polar surface area (TPSA) is 54.6 Å². The number of hydrogen-bond donors (Lipinski definition) is 0. The second kappa shape index (κ2) is 9.03. The molecule has 2 atom stereocenters. The predicted molar refractivity (Wildman–Crippen MR) is 112 cm³/mol. The van der Waals surface area contributed by atoms with E-state index in [0.29, 0.717) is 24.0 Å². The van der Waals surface area contributed by atoms with E-state index in [0.717, 1.165) is 48.7 Å². The highest BCUT2D eigenvalue weighted by molar-refractivity contribution is 9.10. The summed E-state index contributed by atoms with van der Waals surface area (Å²) in [4.78, 5) is 5.02. The number of morpholine rings is 1. The van der Waals surface area contributed by atoms with E-state index < -0.39 is 0 Å². The van der Waals surface area contributed by atoms with Crippen molar-refractivity contribution in [1.82, 2.24) is 20.0 Å². The highest BCUT2D eigenvalue weighted by Crippen LogP contribution is 2.24. The lowest BCUT2D eigenvalue weighted by molar-refractivity contribution is -0.0732. The quantitative estimate of drug-likeness (QED) is 0.692. The average Bonchev–Trinajstić information content (AvgIpc) is 3.12. The number of rotatable bonds is 5. The van der Waals surface area contributed by atoms with Crippen molar-refractivity contribution in [3.8, 4) is 11.5 Å². The number of piperidine rings is 1. The first-order valence-corrected chi connectivity index (χ1v) is 11.0. The fraction of sp³-hybridized carbons (Fsp3) is 0.619. The van der Waals surface area contributed by atoms with Gasteiger partial charge in [0.15, 0.2) is 0 Å².